The van der Waals surface area contributed by atoms with E-state index in [9.17, 15) is 14.9 Å². The minimum atomic E-state index is -1.05. The number of hydrogen-bond donors (Lipinski definition) is 1. The molecule has 4 rings (SSSR count). The van der Waals surface area contributed by atoms with E-state index < -0.39 is 23.9 Å². The predicted octanol–water partition coefficient (Wildman–Crippen LogP) is 4.37. The third-order valence-electron chi connectivity index (χ3n) is 4.88. The molecule has 1 unspecified atom stereocenters. The van der Waals surface area contributed by atoms with Gasteiger partial charge in [0.25, 0.3) is 5.91 Å². The summed E-state index contributed by atoms with van der Waals surface area (Å²) >= 11 is 0. The highest BCUT2D eigenvalue weighted by atomic mass is 16.5. The fourth-order valence-electron chi connectivity index (χ4n) is 3.38. The van der Waals surface area contributed by atoms with Crippen LogP contribution in [0.15, 0.2) is 72.8 Å². The van der Waals surface area contributed by atoms with Gasteiger partial charge in [-0.25, -0.2) is 0 Å². The molecule has 1 N–H and O–H groups in total. The van der Waals surface area contributed by atoms with Gasteiger partial charge in [0.2, 0.25) is 0 Å². The molecule has 0 bridgehead atoms. The smallest absolute Gasteiger partial charge is 0.318 e. The fraction of sp³-hybridized carbons (Fsp3) is 0.125. The Labute approximate surface area is 173 Å². The van der Waals surface area contributed by atoms with Gasteiger partial charge < -0.3 is 14.8 Å². The van der Waals surface area contributed by atoms with Crippen LogP contribution >= 0.6 is 0 Å². The molecule has 1 aliphatic heterocycles. The molecule has 0 fully saturated rings. The lowest BCUT2D eigenvalue weighted by Crippen LogP contribution is -2.33. The molecular weight excluding hydrogens is 380 g/mol. The quantitative estimate of drug-likeness (QED) is 0.660. The summed E-state index contributed by atoms with van der Waals surface area (Å²) in [5, 5.41) is 11.8. The van der Waals surface area contributed by atoms with E-state index in [4.69, 9.17) is 9.47 Å². The molecule has 0 saturated heterocycles. The van der Waals surface area contributed by atoms with Crippen molar-refractivity contribution in [1.29, 1.82) is 5.26 Å². The number of amides is 1. The minimum absolute atomic E-state index is 0.330. The van der Waals surface area contributed by atoms with Crippen molar-refractivity contribution in [3.63, 3.8) is 0 Å². The number of rotatable bonds is 4. The lowest BCUT2D eigenvalue weighted by molar-refractivity contribution is -0.153. The molecule has 0 radical (unpaired) electrons. The normalized spacial score (nSPS) is 13.1. The average molecular weight is 398 g/mol. The molecule has 0 saturated carbocycles. The van der Waals surface area contributed by atoms with Gasteiger partial charge in [0.15, 0.2) is 6.10 Å². The van der Waals surface area contributed by atoms with Gasteiger partial charge in [0, 0.05) is 11.1 Å². The number of carbonyl (C=O) groups is 2. The second kappa shape index (κ2) is 8.10. The van der Waals surface area contributed by atoms with Gasteiger partial charge in [0.1, 0.15) is 23.5 Å². The number of benzene rings is 3. The molecule has 0 spiro atoms. The molecule has 1 atom stereocenters. The van der Waals surface area contributed by atoms with Crippen molar-refractivity contribution >= 4 is 17.6 Å². The molecule has 6 heteroatoms. The largest absolute Gasteiger partial charge is 0.457 e. The average Bonchev–Trinajstić information content (AvgIpc) is 2.77. The number of para-hydroxylation sites is 3. The maximum Gasteiger partial charge on any atom is 0.318 e. The Morgan fingerprint density at radius 1 is 0.967 bits per heavy atom. The first-order chi connectivity index (χ1) is 14.6. The molecule has 30 heavy (non-hydrogen) atoms. The Kier molecular flexibility index (Phi) is 5.19. The zero-order valence-electron chi connectivity index (χ0n) is 16.2. The number of nitrogens with one attached hydrogen (secondary N) is 1. The van der Waals surface area contributed by atoms with Crippen molar-refractivity contribution < 1.29 is 19.1 Å². The summed E-state index contributed by atoms with van der Waals surface area (Å²) in [6.45, 7) is 1.50. The Hall–Kier alpha value is -4.11. The highest BCUT2D eigenvalue weighted by molar-refractivity contribution is 5.97. The summed E-state index contributed by atoms with van der Waals surface area (Å²) in [4.78, 5) is 25.7. The summed E-state index contributed by atoms with van der Waals surface area (Å²) in [6, 6.07) is 23.2. The van der Waals surface area contributed by atoms with Crippen molar-refractivity contribution in [2.75, 3.05) is 5.32 Å². The maximum atomic E-state index is 13.1. The number of carbonyl (C=O) groups excluding carboxylic acids is 2. The van der Waals surface area contributed by atoms with Crippen LogP contribution in [-0.2, 0) is 14.3 Å². The third kappa shape index (κ3) is 3.61. The minimum Gasteiger partial charge on any atom is -0.457 e. The molecule has 6 nitrogen and oxygen atoms in total. The Bertz CT molecular complexity index is 1120. The lowest BCUT2D eigenvalue weighted by atomic mass is 9.88. The van der Waals surface area contributed by atoms with Crippen LogP contribution in [0.2, 0.25) is 0 Å². The van der Waals surface area contributed by atoms with Crippen LogP contribution < -0.4 is 10.1 Å². The van der Waals surface area contributed by atoms with Gasteiger partial charge in [-0.1, -0.05) is 48.5 Å². The van der Waals surface area contributed by atoms with Crippen LogP contribution in [0.25, 0.3) is 0 Å². The van der Waals surface area contributed by atoms with E-state index in [-0.39, 0.29) is 0 Å². The van der Waals surface area contributed by atoms with Crippen LogP contribution in [0, 0.1) is 11.3 Å². The topological polar surface area (TPSA) is 88.4 Å². The van der Waals surface area contributed by atoms with Crippen LogP contribution in [0.5, 0.6) is 11.5 Å². The number of hydrogen-bond acceptors (Lipinski definition) is 5. The van der Waals surface area contributed by atoms with E-state index in [0.29, 0.717) is 33.9 Å². The van der Waals surface area contributed by atoms with Crippen LogP contribution in [0.3, 0.4) is 0 Å². The van der Waals surface area contributed by atoms with E-state index in [1.54, 1.807) is 36.4 Å². The molecular formula is C24H18N2O4. The first-order valence-electron chi connectivity index (χ1n) is 9.44. The maximum absolute atomic E-state index is 13.1. The standard InChI is InChI=1S/C24H18N2O4/c1-15(23(27)26-19-11-5-2-8-16(19)14-25)29-24(28)22-17-9-3-6-12-20(17)30-21-13-7-4-10-18(21)22/h2-13,15,22H,1H3,(H,26,27). The van der Waals surface area contributed by atoms with Gasteiger partial charge in [-0.05, 0) is 31.2 Å². The molecule has 3 aromatic carbocycles. The van der Waals surface area contributed by atoms with Gasteiger partial charge in [0.05, 0.1) is 11.3 Å². The van der Waals surface area contributed by atoms with E-state index in [2.05, 4.69) is 5.32 Å². The van der Waals surface area contributed by atoms with Gasteiger partial charge in [-0.3, -0.25) is 9.59 Å². The third-order valence-corrected chi connectivity index (χ3v) is 4.88. The van der Waals surface area contributed by atoms with Crippen molar-refractivity contribution in [3.8, 4) is 17.6 Å². The summed E-state index contributed by atoms with van der Waals surface area (Å²) in [7, 11) is 0. The Balaban J connectivity index is 1.55. The van der Waals surface area contributed by atoms with Crippen LogP contribution in [0.4, 0.5) is 5.69 Å². The van der Waals surface area contributed by atoms with Crippen molar-refractivity contribution in [3.05, 3.63) is 89.5 Å². The lowest BCUT2D eigenvalue weighted by Gasteiger charge is -2.27. The van der Waals surface area contributed by atoms with E-state index in [1.165, 1.54) is 6.92 Å². The van der Waals surface area contributed by atoms with Crippen LogP contribution in [0.1, 0.15) is 29.5 Å². The molecule has 0 aromatic heterocycles. The molecule has 148 valence electrons. The Morgan fingerprint density at radius 3 is 2.17 bits per heavy atom. The van der Waals surface area contributed by atoms with Gasteiger partial charge >= 0.3 is 5.97 Å². The number of nitriles is 1. The number of esters is 1. The van der Waals surface area contributed by atoms with E-state index >= 15 is 0 Å². The number of nitrogens with zero attached hydrogens (tertiary/aromatic N) is 1. The van der Waals surface area contributed by atoms with Gasteiger partial charge in [-0.15, -0.1) is 0 Å². The summed E-state index contributed by atoms with van der Waals surface area (Å²) in [6.07, 6.45) is -1.05. The number of fused-ring (bicyclic) bond motifs is 2. The molecule has 3 aromatic rings. The molecule has 1 heterocycles. The second-order valence-corrected chi connectivity index (χ2v) is 6.84. The monoisotopic (exact) mass is 398 g/mol. The fourth-order valence-corrected chi connectivity index (χ4v) is 3.38. The number of anilines is 1. The molecule has 1 amide bonds. The summed E-state index contributed by atoms with van der Waals surface area (Å²) in [5.41, 5.74) is 2.07. The highest BCUT2D eigenvalue weighted by Crippen LogP contribution is 2.44. The molecule has 1 aliphatic rings. The molecule has 0 aliphatic carbocycles. The first-order valence-corrected chi connectivity index (χ1v) is 9.44. The number of ether oxygens (including phenoxy) is 2. The van der Waals surface area contributed by atoms with Crippen molar-refractivity contribution in [2.24, 2.45) is 0 Å². The first kappa shape index (κ1) is 19.2. The zero-order valence-corrected chi connectivity index (χ0v) is 16.2. The van der Waals surface area contributed by atoms with Crippen LogP contribution in [-0.4, -0.2) is 18.0 Å². The van der Waals surface area contributed by atoms with Crippen molar-refractivity contribution in [1.82, 2.24) is 0 Å². The van der Waals surface area contributed by atoms with Gasteiger partial charge in [-0.2, -0.15) is 5.26 Å². The zero-order chi connectivity index (χ0) is 21.1. The van der Waals surface area contributed by atoms with Crippen molar-refractivity contribution in [2.45, 2.75) is 18.9 Å². The summed E-state index contributed by atoms with van der Waals surface area (Å²) in [5.74, 6) is -0.599. The van der Waals surface area contributed by atoms with E-state index in [1.807, 2.05) is 42.5 Å². The highest BCUT2D eigenvalue weighted by Gasteiger charge is 2.35. The Morgan fingerprint density at radius 2 is 1.53 bits per heavy atom. The predicted molar refractivity (Wildman–Crippen MR) is 110 cm³/mol. The second-order valence-electron chi connectivity index (χ2n) is 6.84. The SMILES string of the molecule is CC(OC(=O)C1c2ccccc2Oc2ccccc21)C(=O)Nc1ccccc1C#N. The summed E-state index contributed by atoms with van der Waals surface area (Å²) < 4.78 is 11.4. The van der Waals surface area contributed by atoms with E-state index in [0.717, 1.165) is 0 Å².